The number of nitro benzene ring substituents is 1. The highest BCUT2D eigenvalue weighted by Gasteiger charge is 2.27. The van der Waals surface area contributed by atoms with Crippen molar-refractivity contribution >= 4 is 33.5 Å². The third-order valence-electron chi connectivity index (χ3n) is 6.20. The van der Waals surface area contributed by atoms with Crippen LogP contribution in [-0.2, 0) is 11.8 Å². The number of ether oxygens (including phenoxy) is 1. The number of aromatic hydroxyl groups is 1. The molecule has 0 fully saturated rings. The average molecular weight is 470 g/mol. The van der Waals surface area contributed by atoms with Gasteiger partial charge in [0.05, 0.1) is 33.7 Å². The predicted octanol–water partition coefficient (Wildman–Crippen LogP) is 5.28. The molecule has 0 amide bonds. The summed E-state index contributed by atoms with van der Waals surface area (Å²) < 4.78 is 8.82. The third kappa shape index (κ3) is 3.40. The maximum atomic E-state index is 12.8. The minimum absolute atomic E-state index is 0.0344. The van der Waals surface area contributed by atoms with E-state index in [1.807, 2.05) is 48.9 Å². The number of non-ortho nitro benzene ring substituents is 1. The normalized spacial score (nSPS) is 11.3. The summed E-state index contributed by atoms with van der Waals surface area (Å²) in [5.41, 5.74) is 4.09. The van der Waals surface area contributed by atoms with Gasteiger partial charge in [0.15, 0.2) is 0 Å². The van der Waals surface area contributed by atoms with E-state index in [9.17, 15) is 20.0 Å². The summed E-state index contributed by atoms with van der Waals surface area (Å²) in [5, 5.41) is 28.4. The fraction of sp³-hybridized carbons (Fsp3) is 0.154. The Morgan fingerprint density at radius 1 is 1.11 bits per heavy atom. The zero-order valence-electron chi connectivity index (χ0n) is 19.3. The summed E-state index contributed by atoms with van der Waals surface area (Å²) in [6.07, 6.45) is 0. The van der Waals surface area contributed by atoms with Crippen molar-refractivity contribution in [1.29, 1.82) is 0 Å². The van der Waals surface area contributed by atoms with Gasteiger partial charge in [0.25, 0.3) is 5.69 Å². The number of aryl methyl sites for hydroxylation is 1. The van der Waals surface area contributed by atoms with E-state index >= 15 is 0 Å². The maximum Gasteiger partial charge on any atom is 0.340 e. The first kappa shape index (κ1) is 22.1. The molecule has 0 aliphatic carbocycles. The van der Waals surface area contributed by atoms with Crippen LogP contribution in [0.15, 0.2) is 60.7 Å². The number of nitro groups is 1. The number of carbonyl (C=O) groups is 1. The number of rotatable bonds is 5. The van der Waals surface area contributed by atoms with Crippen molar-refractivity contribution in [3.8, 4) is 22.7 Å². The van der Waals surface area contributed by atoms with Crippen molar-refractivity contribution in [3.63, 3.8) is 0 Å². The number of para-hydroxylation sites is 1. The number of aromatic nitrogens is 3. The van der Waals surface area contributed by atoms with Gasteiger partial charge in [0, 0.05) is 35.8 Å². The maximum absolute atomic E-state index is 12.8. The lowest BCUT2D eigenvalue weighted by atomic mass is 10.0. The van der Waals surface area contributed by atoms with Gasteiger partial charge in [-0.25, -0.2) is 9.48 Å². The Labute approximate surface area is 199 Å². The third-order valence-corrected chi connectivity index (χ3v) is 6.20. The fourth-order valence-electron chi connectivity index (χ4n) is 4.52. The molecule has 176 valence electrons. The Bertz CT molecular complexity index is 1620. The van der Waals surface area contributed by atoms with Crippen LogP contribution in [0.1, 0.15) is 23.0 Å². The van der Waals surface area contributed by atoms with Gasteiger partial charge in [0.1, 0.15) is 17.0 Å². The molecule has 3 aromatic carbocycles. The number of esters is 1. The van der Waals surface area contributed by atoms with Crippen LogP contribution in [-0.4, -0.2) is 37.0 Å². The van der Waals surface area contributed by atoms with Crippen molar-refractivity contribution in [1.82, 2.24) is 14.3 Å². The fourth-order valence-corrected chi connectivity index (χ4v) is 4.52. The molecule has 35 heavy (non-hydrogen) atoms. The van der Waals surface area contributed by atoms with E-state index in [4.69, 9.17) is 9.84 Å². The van der Waals surface area contributed by atoms with Gasteiger partial charge in [-0.15, -0.1) is 0 Å². The second-order valence-corrected chi connectivity index (χ2v) is 8.16. The Morgan fingerprint density at radius 3 is 2.43 bits per heavy atom. The zero-order chi connectivity index (χ0) is 24.9. The minimum Gasteiger partial charge on any atom is -0.506 e. The van der Waals surface area contributed by atoms with Gasteiger partial charge >= 0.3 is 5.97 Å². The molecule has 5 rings (SSSR count). The number of phenolic OH excluding ortho intramolecular Hbond substituents is 1. The monoisotopic (exact) mass is 470 g/mol. The molecule has 0 saturated heterocycles. The van der Waals surface area contributed by atoms with Crippen LogP contribution in [0, 0.1) is 17.0 Å². The van der Waals surface area contributed by atoms with Crippen molar-refractivity contribution in [2.24, 2.45) is 7.05 Å². The van der Waals surface area contributed by atoms with Crippen LogP contribution >= 0.6 is 0 Å². The van der Waals surface area contributed by atoms with Crippen molar-refractivity contribution < 1.29 is 19.6 Å². The van der Waals surface area contributed by atoms with Crippen LogP contribution in [0.3, 0.4) is 0 Å². The average Bonchev–Trinajstić information content (AvgIpc) is 3.36. The lowest BCUT2D eigenvalue weighted by Gasteiger charge is -2.07. The topological polar surface area (TPSA) is 112 Å². The number of phenols is 1. The Kier molecular flexibility index (Phi) is 5.24. The highest BCUT2D eigenvalue weighted by Crippen LogP contribution is 2.42. The lowest BCUT2D eigenvalue weighted by Crippen LogP contribution is -2.06. The van der Waals surface area contributed by atoms with E-state index in [0.29, 0.717) is 44.3 Å². The van der Waals surface area contributed by atoms with E-state index in [-0.39, 0.29) is 18.0 Å². The van der Waals surface area contributed by atoms with E-state index in [0.717, 1.165) is 5.69 Å². The second-order valence-electron chi connectivity index (χ2n) is 8.16. The van der Waals surface area contributed by atoms with Gasteiger partial charge < -0.3 is 14.4 Å². The van der Waals surface area contributed by atoms with Crippen molar-refractivity contribution in [2.75, 3.05) is 6.61 Å². The van der Waals surface area contributed by atoms with Crippen LogP contribution in [0.4, 0.5) is 5.69 Å². The number of nitrogens with zero attached hydrogens (tertiary/aromatic N) is 4. The molecular weight excluding hydrogens is 448 g/mol. The Hall–Kier alpha value is -4.66. The summed E-state index contributed by atoms with van der Waals surface area (Å²) in [4.78, 5) is 23.5. The largest absolute Gasteiger partial charge is 0.506 e. The van der Waals surface area contributed by atoms with Crippen LogP contribution in [0.2, 0.25) is 0 Å². The van der Waals surface area contributed by atoms with Gasteiger partial charge in [-0.05, 0) is 44.2 Å². The molecule has 0 bridgehead atoms. The SMILES string of the molecule is CCOC(=O)c1c(C)n(C)c2c1cc(O)c1c2c(-c2ccc([N+](=O)[O-])cc2)nn1-c1ccccc1. The molecule has 2 heterocycles. The van der Waals surface area contributed by atoms with Gasteiger partial charge in [-0.2, -0.15) is 5.10 Å². The quantitative estimate of drug-likeness (QED) is 0.212. The van der Waals surface area contributed by atoms with Crippen LogP contribution in [0.25, 0.3) is 38.8 Å². The highest BCUT2D eigenvalue weighted by molar-refractivity contribution is 6.19. The minimum atomic E-state index is -0.471. The molecule has 0 unspecified atom stereocenters. The predicted molar refractivity (Wildman–Crippen MR) is 132 cm³/mol. The van der Waals surface area contributed by atoms with E-state index in [1.54, 1.807) is 29.8 Å². The molecule has 0 aliphatic heterocycles. The molecule has 0 spiro atoms. The highest BCUT2D eigenvalue weighted by atomic mass is 16.6. The number of carbonyl (C=O) groups excluding carboxylic acids is 1. The summed E-state index contributed by atoms with van der Waals surface area (Å²) in [6, 6.07) is 17.0. The number of hydrogen-bond donors (Lipinski definition) is 1. The summed E-state index contributed by atoms with van der Waals surface area (Å²) in [6.45, 7) is 3.79. The first-order chi connectivity index (χ1) is 16.8. The summed E-state index contributed by atoms with van der Waals surface area (Å²) >= 11 is 0. The Balaban J connectivity index is 1.92. The molecule has 0 atom stereocenters. The molecule has 0 radical (unpaired) electrons. The van der Waals surface area contributed by atoms with Crippen molar-refractivity contribution in [3.05, 3.63) is 82.0 Å². The first-order valence-corrected chi connectivity index (χ1v) is 11.0. The molecule has 9 nitrogen and oxygen atoms in total. The number of benzene rings is 3. The molecule has 0 aliphatic rings. The smallest absolute Gasteiger partial charge is 0.340 e. The lowest BCUT2D eigenvalue weighted by molar-refractivity contribution is -0.384. The van der Waals surface area contributed by atoms with Gasteiger partial charge in [-0.1, -0.05) is 18.2 Å². The van der Waals surface area contributed by atoms with E-state index in [1.165, 1.54) is 12.1 Å². The van der Waals surface area contributed by atoms with Crippen molar-refractivity contribution in [2.45, 2.75) is 13.8 Å². The van der Waals surface area contributed by atoms with E-state index < -0.39 is 10.9 Å². The number of fused-ring (bicyclic) bond motifs is 3. The molecule has 5 aromatic rings. The zero-order valence-corrected chi connectivity index (χ0v) is 19.3. The molecular formula is C26H22N4O5. The van der Waals surface area contributed by atoms with Gasteiger partial charge in [0.2, 0.25) is 0 Å². The standard InChI is InChI=1S/C26H22N4O5/c1-4-35-26(32)21-15(2)28(3)24-19(21)14-20(31)25-22(24)23(16-10-12-18(13-11-16)30(33)34)27-29(25)17-8-6-5-7-9-17/h5-14,31H,4H2,1-3H3. The van der Waals surface area contributed by atoms with Gasteiger partial charge in [-0.3, -0.25) is 10.1 Å². The second kappa shape index (κ2) is 8.28. The van der Waals surface area contributed by atoms with Crippen LogP contribution in [0.5, 0.6) is 5.75 Å². The Morgan fingerprint density at radius 2 is 1.80 bits per heavy atom. The number of hydrogen-bond acceptors (Lipinski definition) is 6. The summed E-state index contributed by atoms with van der Waals surface area (Å²) in [5.74, 6) is -0.519. The molecule has 1 N–H and O–H groups in total. The van der Waals surface area contributed by atoms with Crippen LogP contribution < -0.4 is 0 Å². The summed E-state index contributed by atoms with van der Waals surface area (Å²) in [7, 11) is 1.84. The molecule has 9 heteroatoms. The molecule has 2 aromatic heterocycles. The van der Waals surface area contributed by atoms with E-state index in [2.05, 4.69) is 0 Å². The molecule has 0 saturated carbocycles. The first-order valence-electron chi connectivity index (χ1n) is 11.0.